The second kappa shape index (κ2) is 13.3. The van der Waals surface area contributed by atoms with Crippen molar-refractivity contribution in [3.8, 4) is 50.7 Å². The van der Waals surface area contributed by atoms with Crippen molar-refractivity contribution in [2.45, 2.75) is 0 Å². The van der Waals surface area contributed by atoms with Crippen LogP contribution in [0, 0.1) is 0 Å². The molecule has 3 aromatic heterocycles. The Morgan fingerprint density at radius 1 is 0.339 bits per heavy atom. The van der Waals surface area contributed by atoms with Crippen LogP contribution in [0.3, 0.4) is 0 Å². The molecule has 0 saturated heterocycles. The van der Waals surface area contributed by atoms with Crippen LogP contribution < -0.4 is 0 Å². The molecule has 0 bridgehead atoms. The fourth-order valence-electron chi connectivity index (χ4n) is 9.06. The largest absolute Gasteiger partial charge is 0.309 e. The van der Waals surface area contributed by atoms with Gasteiger partial charge >= 0.3 is 0 Å². The molecule has 0 aliphatic heterocycles. The van der Waals surface area contributed by atoms with Crippen molar-refractivity contribution < 1.29 is 0 Å². The molecule has 274 valence electrons. The summed E-state index contributed by atoms with van der Waals surface area (Å²) in [6, 6.07) is 73.2. The Hall–Kier alpha value is -7.95. The zero-order chi connectivity index (χ0) is 38.9. The van der Waals surface area contributed by atoms with E-state index in [1.165, 1.54) is 38.0 Å². The maximum absolute atomic E-state index is 5.62. The average molecular weight is 751 g/mol. The average Bonchev–Trinajstić information content (AvgIpc) is 3.65. The Balaban J connectivity index is 1.06. The molecule has 12 rings (SSSR count). The number of benzene rings is 9. The van der Waals surface area contributed by atoms with E-state index in [0.717, 1.165) is 72.1 Å². The fourth-order valence-corrected chi connectivity index (χ4v) is 9.06. The lowest BCUT2D eigenvalue weighted by atomic mass is 9.92. The van der Waals surface area contributed by atoms with Crippen LogP contribution in [0.1, 0.15) is 0 Å². The van der Waals surface area contributed by atoms with Gasteiger partial charge < -0.3 is 4.57 Å². The standard InChI is InChI=1S/C55H34N4/c1-2-15-38(16-3-1)55-56-48-25-9-6-22-45(48)52(58-55)36-28-30-37(31-29-36)53-47-33-32-35-14-4-5-19-41(35)51(47)46-24-13-23-42(54(46)57-53)39-17-12-18-40(34-39)59-49-26-10-7-20-43(49)44-21-8-11-27-50(44)59/h1-34H. The summed E-state index contributed by atoms with van der Waals surface area (Å²) in [4.78, 5) is 15.7. The molecular formula is C55H34N4. The minimum absolute atomic E-state index is 0.715. The van der Waals surface area contributed by atoms with Crippen LogP contribution in [-0.2, 0) is 0 Å². The predicted octanol–water partition coefficient (Wildman–Crippen LogP) is 14.2. The fraction of sp³-hybridized carbons (Fsp3) is 0. The van der Waals surface area contributed by atoms with Gasteiger partial charge in [-0.05, 0) is 46.7 Å². The van der Waals surface area contributed by atoms with Gasteiger partial charge in [-0.2, -0.15) is 0 Å². The van der Waals surface area contributed by atoms with E-state index >= 15 is 0 Å². The lowest BCUT2D eigenvalue weighted by molar-refractivity contribution is 1.18. The summed E-state index contributed by atoms with van der Waals surface area (Å²) >= 11 is 0. The monoisotopic (exact) mass is 750 g/mol. The lowest BCUT2D eigenvalue weighted by Gasteiger charge is -2.16. The first-order valence-electron chi connectivity index (χ1n) is 20.0. The van der Waals surface area contributed by atoms with Gasteiger partial charge in [0.25, 0.3) is 0 Å². The first-order chi connectivity index (χ1) is 29.3. The van der Waals surface area contributed by atoms with Crippen LogP contribution in [0.25, 0.3) is 116 Å². The topological polar surface area (TPSA) is 43.6 Å². The SMILES string of the molecule is c1ccc(-c2nc(-c3ccc(-c4nc5c(-c6cccc(-n7c8ccccc8c8ccccc87)c6)cccc5c5c4ccc4ccccc45)cc3)c3ccccc3n2)cc1. The number of para-hydroxylation sites is 4. The van der Waals surface area contributed by atoms with Crippen molar-refractivity contribution >= 4 is 65.2 Å². The second-order valence-corrected chi connectivity index (χ2v) is 15.1. The van der Waals surface area contributed by atoms with Crippen molar-refractivity contribution in [2.24, 2.45) is 0 Å². The Bertz CT molecular complexity index is 3550. The molecule has 0 amide bonds. The van der Waals surface area contributed by atoms with E-state index in [2.05, 4.69) is 187 Å². The molecule has 0 aliphatic carbocycles. The Morgan fingerprint density at radius 3 is 1.69 bits per heavy atom. The van der Waals surface area contributed by atoms with Gasteiger partial charge in [0.15, 0.2) is 5.82 Å². The molecular weight excluding hydrogens is 717 g/mol. The van der Waals surface area contributed by atoms with Gasteiger partial charge in [0.05, 0.1) is 33.5 Å². The number of rotatable bonds is 5. The third kappa shape index (κ3) is 5.34. The molecule has 0 unspecified atom stereocenters. The zero-order valence-corrected chi connectivity index (χ0v) is 31.9. The summed E-state index contributed by atoms with van der Waals surface area (Å²) in [5.74, 6) is 0.715. The van der Waals surface area contributed by atoms with Crippen molar-refractivity contribution in [2.75, 3.05) is 0 Å². The van der Waals surface area contributed by atoms with E-state index in [4.69, 9.17) is 15.0 Å². The molecule has 0 aliphatic rings. The minimum Gasteiger partial charge on any atom is -0.309 e. The number of pyridine rings is 1. The van der Waals surface area contributed by atoms with E-state index in [-0.39, 0.29) is 0 Å². The molecule has 3 heterocycles. The number of nitrogens with zero attached hydrogens (tertiary/aromatic N) is 4. The molecule has 12 aromatic rings. The van der Waals surface area contributed by atoms with E-state index in [1.807, 2.05) is 24.3 Å². The Kier molecular flexibility index (Phi) is 7.50. The van der Waals surface area contributed by atoms with Crippen molar-refractivity contribution in [3.63, 3.8) is 0 Å². The molecule has 0 fully saturated rings. The van der Waals surface area contributed by atoms with Crippen LogP contribution >= 0.6 is 0 Å². The molecule has 4 heteroatoms. The molecule has 0 spiro atoms. The number of aromatic nitrogens is 4. The van der Waals surface area contributed by atoms with E-state index in [1.54, 1.807) is 0 Å². The smallest absolute Gasteiger partial charge is 0.160 e. The third-order valence-corrected chi connectivity index (χ3v) is 11.8. The van der Waals surface area contributed by atoms with E-state index < -0.39 is 0 Å². The van der Waals surface area contributed by atoms with E-state index in [9.17, 15) is 0 Å². The highest BCUT2D eigenvalue weighted by molar-refractivity contribution is 6.24. The maximum atomic E-state index is 5.62. The van der Waals surface area contributed by atoms with Gasteiger partial charge in [0.2, 0.25) is 0 Å². The molecule has 59 heavy (non-hydrogen) atoms. The highest BCUT2D eigenvalue weighted by atomic mass is 15.0. The Labute approximate surface area is 340 Å². The summed E-state index contributed by atoms with van der Waals surface area (Å²) in [6.07, 6.45) is 0. The normalized spacial score (nSPS) is 11.7. The van der Waals surface area contributed by atoms with Crippen LogP contribution in [0.15, 0.2) is 206 Å². The number of hydrogen-bond acceptors (Lipinski definition) is 3. The van der Waals surface area contributed by atoms with Crippen LogP contribution in [-0.4, -0.2) is 19.5 Å². The Morgan fingerprint density at radius 2 is 0.932 bits per heavy atom. The van der Waals surface area contributed by atoms with Gasteiger partial charge in [-0.25, -0.2) is 15.0 Å². The molecule has 0 radical (unpaired) electrons. The summed E-state index contributed by atoms with van der Waals surface area (Å²) in [6.45, 7) is 0. The van der Waals surface area contributed by atoms with Crippen LogP contribution in [0.4, 0.5) is 0 Å². The summed E-state index contributed by atoms with van der Waals surface area (Å²) in [7, 11) is 0. The van der Waals surface area contributed by atoms with E-state index in [0.29, 0.717) is 5.82 Å². The molecule has 4 nitrogen and oxygen atoms in total. The molecule has 0 atom stereocenters. The second-order valence-electron chi connectivity index (χ2n) is 15.1. The van der Waals surface area contributed by atoms with Crippen molar-refractivity contribution in [1.29, 1.82) is 0 Å². The zero-order valence-electron chi connectivity index (χ0n) is 31.9. The van der Waals surface area contributed by atoms with Crippen molar-refractivity contribution in [1.82, 2.24) is 19.5 Å². The predicted molar refractivity (Wildman–Crippen MR) is 246 cm³/mol. The van der Waals surface area contributed by atoms with Gasteiger partial charge in [0, 0.05) is 60.3 Å². The van der Waals surface area contributed by atoms with Gasteiger partial charge in [-0.15, -0.1) is 0 Å². The van der Waals surface area contributed by atoms with Gasteiger partial charge in [-0.1, -0.05) is 176 Å². The van der Waals surface area contributed by atoms with Crippen LogP contribution in [0.5, 0.6) is 0 Å². The molecule has 0 saturated carbocycles. The minimum atomic E-state index is 0.715. The molecule has 9 aromatic carbocycles. The van der Waals surface area contributed by atoms with Crippen molar-refractivity contribution in [3.05, 3.63) is 206 Å². The first-order valence-corrected chi connectivity index (χ1v) is 20.0. The third-order valence-electron chi connectivity index (χ3n) is 11.8. The maximum Gasteiger partial charge on any atom is 0.160 e. The van der Waals surface area contributed by atoms with Gasteiger partial charge in [-0.3, -0.25) is 0 Å². The summed E-state index contributed by atoms with van der Waals surface area (Å²) in [5, 5.41) is 9.41. The highest BCUT2D eigenvalue weighted by Gasteiger charge is 2.18. The first kappa shape index (κ1) is 33.2. The number of hydrogen-bond donors (Lipinski definition) is 0. The van der Waals surface area contributed by atoms with Crippen LogP contribution in [0.2, 0.25) is 0 Å². The van der Waals surface area contributed by atoms with Gasteiger partial charge in [0.1, 0.15) is 0 Å². The number of fused-ring (bicyclic) bond motifs is 9. The summed E-state index contributed by atoms with van der Waals surface area (Å²) < 4.78 is 2.38. The quantitative estimate of drug-likeness (QED) is 0.165. The summed E-state index contributed by atoms with van der Waals surface area (Å²) in [5.41, 5.74) is 12.5. The lowest BCUT2D eigenvalue weighted by Crippen LogP contribution is -1.96. The molecule has 0 N–H and O–H groups in total. The highest BCUT2D eigenvalue weighted by Crippen LogP contribution is 2.41.